The van der Waals surface area contributed by atoms with Gasteiger partial charge in [0.1, 0.15) is 10.8 Å². The average molecular weight is 296 g/mol. The number of nitro benzene ring substituents is 1. The van der Waals surface area contributed by atoms with Gasteiger partial charge in [-0.3, -0.25) is 10.1 Å². The summed E-state index contributed by atoms with van der Waals surface area (Å²) in [6.07, 6.45) is 0. The van der Waals surface area contributed by atoms with Gasteiger partial charge in [0.05, 0.1) is 12.0 Å². The highest BCUT2D eigenvalue weighted by Crippen LogP contribution is 2.34. The van der Waals surface area contributed by atoms with Crippen LogP contribution in [0.25, 0.3) is 0 Å². The molecule has 0 spiro atoms. The fraction of sp³-hybridized carbons (Fsp3) is 0.0769. The molecule has 0 unspecified atom stereocenters. The molecule has 0 radical (unpaired) electrons. The summed E-state index contributed by atoms with van der Waals surface area (Å²) in [5, 5.41) is 10.9. The predicted octanol–water partition coefficient (Wildman–Crippen LogP) is 4.41. The van der Waals surface area contributed by atoms with E-state index in [-0.39, 0.29) is 10.7 Å². The number of nitrogens with zero attached hydrogens (tertiary/aromatic N) is 1. The summed E-state index contributed by atoms with van der Waals surface area (Å²) in [6.45, 7) is 0. The van der Waals surface area contributed by atoms with Crippen LogP contribution in [0.15, 0.2) is 52.3 Å². The van der Waals surface area contributed by atoms with Crippen LogP contribution in [0.4, 0.5) is 5.69 Å². The quantitative estimate of drug-likeness (QED) is 0.619. The summed E-state index contributed by atoms with van der Waals surface area (Å²) in [7, 11) is 1.60. The first kappa shape index (κ1) is 13.7. The zero-order valence-electron chi connectivity index (χ0n) is 10.00. The van der Waals surface area contributed by atoms with Crippen LogP contribution in [0, 0.1) is 10.1 Å². The molecule has 0 aliphatic rings. The van der Waals surface area contributed by atoms with E-state index in [0.717, 1.165) is 15.5 Å². The van der Waals surface area contributed by atoms with Gasteiger partial charge in [0, 0.05) is 15.9 Å². The van der Waals surface area contributed by atoms with Crippen LogP contribution in [0.3, 0.4) is 0 Å². The first-order valence-corrected chi connectivity index (χ1v) is 6.55. The normalized spacial score (nSPS) is 10.2. The zero-order chi connectivity index (χ0) is 13.8. The second kappa shape index (κ2) is 5.95. The lowest BCUT2D eigenvalue weighted by Crippen LogP contribution is -1.89. The number of hydrogen-bond acceptors (Lipinski definition) is 4. The van der Waals surface area contributed by atoms with Gasteiger partial charge in [0.25, 0.3) is 5.69 Å². The summed E-state index contributed by atoms with van der Waals surface area (Å²) >= 11 is 7.19. The standard InChI is InChI=1S/C13H10ClNO3S/c1-18-9-2-4-10(5-3-9)19-11-6-7-12(14)13(8-11)15(16)17/h2-8H,1H3. The van der Waals surface area contributed by atoms with E-state index in [2.05, 4.69) is 0 Å². The van der Waals surface area contributed by atoms with Gasteiger partial charge in [-0.15, -0.1) is 0 Å². The Balaban J connectivity index is 2.22. The van der Waals surface area contributed by atoms with E-state index in [1.807, 2.05) is 24.3 Å². The molecule has 2 rings (SSSR count). The Morgan fingerprint density at radius 2 is 1.79 bits per heavy atom. The molecule has 0 aliphatic carbocycles. The molecule has 98 valence electrons. The number of ether oxygens (including phenoxy) is 1. The largest absolute Gasteiger partial charge is 0.497 e. The highest BCUT2D eigenvalue weighted by atomic mass is 35.5. The average Bonchev–Trinajstić information content (AvgIpc) is 2.41. The van der Waals surface area contributed by atoms with E-state index < -0.39 is 4.92 Å². The number of hydrogen-bond donors (Lipinski definition) is 0. The molecule has 0 aromatic heterocycles. The van der Waals surface area contributed by atoms with Crippen molar-refractivity contribution in [3.63, 3.8) is 0 Å². The van der Waals surface area contributed by atoms with E-state index in [1.165, 1.54) is 23.9 Å². The van der Waals surface area contributed by atoms with Crippen LogP contribution in [0.5, 0.6) is 5.75 Å². The van der Waals surface area contributed by atoms with Crippen molar-refractivity contribution < 1.29 is 9.66 Å². The Bertz CT molecular complexity index is 601. The molecule has 0 heterocycles. The predicted molar refractivity (Wildman–Crippen MR) is 75.2 cm³/mol. The van der Waals surface area contributed by atoms with Gasteiger partial charge in [-0.1, -0.05) is 23.4 Å². The van der Waals surface area contributed by atoms with Crippen molar-refractivity contribution in [2.24, 2.45) is 0 Å². The fourth-order valence-electron chi connectivity index (χ4n) is 1.48. The monoisotopic (exact) mass is 295 g/mol. The topological polar surface area (TPSA) is 52.4 Å². The molecular weight excluding hydrogens is 286 g/mol. The summed E-state index contributed by atoms with van der Waals surface area (Å²) in [4.78, 5) is 12.1. The van der Waals surface area contributed by atoms with Crippen molar-refractivity contribution in [3.05, 3.63) is 57.6 Å². The lowest BCUT2D eigenvalue weighted by atomic mass is 10.3. The van der Waals surface area contributed by atoms with E-state index in [9.17, 15) is 10.1 Å². The van der Waals surface area contributed by atoms with Crippen LogP contribution in [0.1, 0.15) is 0 Å². The second-order valence-corrected chi connectivity index (χ2v) is 5.20. The summed E-state index contributed by atoms with van der Waals surface area (Å²) < 4.78 is 5.07. The third-order valence-corrected chi connectivity index (χ3v) is 3.73. The van der Waals surface area contributed by atoms with Crippen molar-refractivity contribution in [1.29, 1.82) is 0 Å². The van der Waals surface area contributed by atoms with Crippen LogP contribution in [0.2, 0.25) is 5.02 Å². The molecule has 0 fully saturated rings. The highest BCUT2D eigenvalue weighted by Gasteiger charge is 2.13. The third-order valence-electron chi connectivity index (χ3n) is 2.41. The van der Waals surface area contributed by atoms with Gasteiger partial charge in [0.2, 0.25) is 0 Å². The van der Waals surface area contributed by atoms with Crippen molar-refractivity contribution >= 4 is 29.1 Å². The van der Waals surface area contributed by atoms with Gasteiger partial charge in [-0.05, 0) is 36.4 Å². The summed E-state index contributed by atoms with van der Waals surface area (Å²) in [6, 6.07) is 12.2. The van der Waals surface area contributed by atoms with Crippen molar-refractivity contribution in [1.82, 2.24) is 0 Å². The summed E-state index contributed by atoms with van der Waals surface area (Å²) in [5.41, 5.74) is -0.0832. The second-order valence-electron chi connectivity index (χ2n) is 3.65. The van der Waals surface area contributed by atoms with E-state index >= 15 is 0 Å². The maximum absolute atomic E-state index is 10.8. The highest BCUT2D eigenvalue weighted by molar-refractivity contribution is 7.99. The molecule has 4 nitrogen and oxygen atoms in total. The van der Waals surface area contributed by atoms with Crippen molar-refractivity contribution in [2.45, 2.75) is 9.79 Å². The van der Waals surface area contributed by atoms with Gasteiger partial charge in [-0.2, -0.15) is 0 Å². The molecule has 0 aliphatic heterocycles. The molecule has 0 bridgehead atoms. The number of rotatable bonds is 4. The van der Waals surface area contributed by atoms with E-state index in [4.69, 9.17) is 16.3 Å². The minimum Gasteiger partial charge on any atom is -0.497 e. The van der Waals surface area contributed by atoms with Crippen LogP contribution >= 0.6 is 23.4 Å². The lowest BCUT2D eigenvalue weighted by molar-refractivity contribution is -0.384. The van der Waals surface area contributed by atoms with Crippen LogP contribution in [-0.2, 0) is 0 Å². The van der Waals surface area contributed by atoms with E-state index in [1.54, 1.807) is 13.2 Å². The SMILES string of the molecule is COc1ccc(Sc2ccc(Cl)c([N+](=O)[O-])c2)cc1. The summed E-state index contributed by atoms with van der Waals surface area (Å²) in [5.74, 6) is 0.770. The Kier molecular flexibility index (Phi) is 4.29. The van der Waals surface area contributed by atoms with Crippen molar-refractivity contribution in [2.75, 3.05) is 7.11 Å². The maximum atomic E-state index is 10.8. The molecule has 0 amide bonds. The number of methoxy groups -OCH3 is 1. The van der Waals surface area contributed by atoms with Crippen molar-refractivity contribution in [3.8, 4) is 5.75 Å². The van der Waals surface area contributed by atoms with Crippen LogP contribution in [-0.4, -0.2) is 12.0 Å². The molecule has 19 heavy (non-hydrogen) atoms. The fourth-order valence-corrected chi connectivity index (χ4v) is 2.51. The minimum atomic E-state index is -0.486. The van der Waals surface area contributed by atoms with Gasteiger partial charge >= 0.3 is 0 Å². The lowest BCUT2D eigenvalue weighted by Gasteiger charge is -2.04. The Morgan fingerprint density at radius 1 is 1.16 bits per heavy atom. The Labute approximate surface area is 119 Å². The number of nitro groups is 1. The van der Waals surface area contributed by atoms with Gasteiger partial charge in [0.15, 0.2) is 0 Å². The first-order valence-electron chi connectivity index (χ1n) is 5.36. The first-order chi connectivity index (χ1) is 9.10. The molecule has 0 N–H and O–H groups in total. The zero-order valence-corrected chi connectivity index (χ0v) is 11.6. The van der Waals surface area contributed by atoms with Crippen LogP contribution < -0.4 is 4.74 Å². The minimum absolute atomic E-state index is 0.0832. The molecule has 0 atom stereocenters. The van der Waals surface area contributed by atoms with Gasteiger partial charge in [-0.25, -0.2) is 0 Å². The molecule has 2 aromatic carbocycles. The maximum Gasteiger partial charge on any atom is 0.289 e. The number of halogens is 1. The van der Waals surface area contributed by atoms with Gasteiger partial charge < -0.3 is 4.74 Å². The number of benzene rings is 2. The Hall–Kier alpha value is -1.72. The molecular formula is C13H10ClNO3S. The molecule has 2 aromatic rings. The molecule has 0 saturated heterocycles. The Morgan fingerprint density at radius 3 is 2.37 bits per heavy atom. The smallest absolute Gasteiger partial charge is 0.289 e. The van der Waals surface area contributed by atoms with E-state index in [0.29, 0.717) is 0 Å². The third kappa shape index (κ3) is 3.39. The molecule has 0 saturated carbocycles. The molecule has 6 heteroatoms.